The van der Waals surface area contributed by atoms with Gasteiger partial charge in [0.1, 0.15) is 0 Å². The average molecular weight is 473 g/mol. The third-order valence-electron chi connectivity index (χ3n) is 5.54. The van der Waals surface area contributed by atoms with Gasteiger partial charge in [0, 0.05) is 23.2 Å². The van der Waals surface area contributed by atoms with E-state index >= 15 is 0 Å². The fourth-order valence-corrected chi connectivity index (χ4v) is 5.82. The molecule has 0 bridgehead atoms. The molecular formula is C22H21ClN4O2S2. The van der Waals surface area contributed by atoms with Crippen molar-refractivity contribution < 1.29 is 9.59 Å². The zero-order valence-electron chi connectivity index (χ0n) is 16.7. The van der Waals surface area contributed by atoms with Gasteiger partial charge in [0.2, 0.25) is 5.91 Å². The summed E-state index contributed by atoms with van der Waals surface area (Å²) in [6, 6.07) is 11.1. The number of thiophene rings is 1. The number of imide groups is 1. The van der Waals surface area contributed by atoms with Gasteiger partial charge in [-0.3, -0.25) is 19.1 Å². The summed E-state index contributed by atoms with van der Waals surface area (Å²) in [5.41, 5.74) is 0.476. The quantitative estimate of drug-likeness (QED) is 0.471. The van der Waals surface area contributed by atoms with Gasteiger partial charge in [-0.15, -0.1) is 21.5 Å². The molecule has 3 heterocycles. The van der Waals surface area contributed by atoms with Crippen molar-refractivity contribution in [2.45, 2.75) is 48.6 Å². The number of carbonyl (C=O) groups is 2. The van der Waals surface area contributed by atoms with E-state index in [-0.39, 0.29) is 17.1 Å². The highest BCUT2D eigenvalue weighted by Crippen LogP contribution is 2.43. The Kier molecular flexibility index (Phi) is 5.86. The van der Waals surface area contributed by atoms with Crippen molar-refractivity contribution in [3.8, 4) is 10.7 Å². The van der Waals surface area contributed by atoms with Crippen LogP contribution in [0.5, 0.6) is 0 Å². The molecule has 2 fully saturated rings. The van der Waals surface area contributed by atoms with Crippen molar-refractivity contribution in [2.24, 2.45) is 0 Å². The number of thioether (sulfide) groups is 1. The number of hydrogen-bond acceptors (Lipinski definition) is 6. The van der Waals surface area contributed by atoms with Gasteiger partial charge in [-0.2, -0.15) is 0 Å². The first-order valence-electron chi connectivity index (χ1n) is 10.4. The molecule has 6 nitrogen and oxygen atoms in total. The van der Waals surface area contributed by atoms with Crippen molar-refractivity contribution in [2.75, 3.05) is 6.54 Å². The molecule has 1 atom stereocenters. The topological polar surface area (TPSA) is 68.1 Å². The summed E-state index contributed by atoms with van der Waals surface area (Å²) in [6.07, 6.45) is 4.62. The second kappa shape index (κ2) is 8.76. The summed E-state index contributed by atoms with van der Waals surface area (Å²) in [5, 5.41) is 11.9. The highest BCUT2D eigenvalue weighted by molar-refractivity contribution is 8.00. The van der Waals surface area contributed by atoms with Gasteiger partial charge in [0.05, 0.1) is 10.1 Å². The Hall–Kier alpha value is -2.16. The second-order valence-corrected chi connectivity index (χ2v) is 10.3. The molecule has 160 valence electrons. The van der Waals surface area contributed by atoms with Crippen molar-refractivity contribution in [1.29, 1.82) is 0 Å². The van der Waals surface area contributed by atoms with Crippen LogP contribution < -0.4 is 0 Å². The van der Waals surface area contributed by atoms with Crippen LogP contribution in [0.3, 0.4) is 0 Å². The second-order valence-electron chi connectivity index (χ2n) is 7.79. The molecule has 1 aliphatic heterocycles. The zero-order valence-corrected chi connectivity index (χ0v) is 19.1. The minimum absolute atomic E-state index is 0.148. The van der Waals surface area contributed by atoms with E-state index in [1.54, 1.807) is 35.6 Å². The lowest BCUT2D eigenvalue weighted by Crippen LogP contribution is -2.41. The molecule has 0 N–H and O–H groups in total. The summed E-state index contributed by atoms with van der Waals surface area (Å²) in [4.78, 5) is 28.9. The highest BCUT2D eigenvalue weighted by Gasteiger charge is 2.36. The first kappa shape index (κ1) is 20.7. The van der Waals surface area contributed by atoms with Crippen LogP contribution in [0, 0.1) is 0 Å². The van der Waals surface area contributed by atoms with Gasteiger partial charge in [0.15, 0.2) is 11.0 Å². The van der Waals surface area contributed by atoms with Gasteiger partial charge in [-0.25, -0.2) is 0 Å². The number of rotatable bonds is 5. The molecule has 5 rings (SSSR count). The fraction of sp³-hybridized carbons (Fsp3) is 0.364. The van der Waals surface area contributed by atoms with E-state index in [4.69, 9.17) is 11.6 Å². The van der Waals surface area contributed by atoms with Crippen LogP contribution in [0.1, 0.15) is 48.5 Å². The highest BCUT2D eigenvalue weighted by atomic mass is 35.5. The largest absolute Gasteiger partial charge is 0.298 e. The molecule has 1 saturated heterocycles. The lowest BCUT2D eigenvalue weighted by molar-refractivity contribution is -0.127. The molecule has 2 amide bonds. The first-order chi connectivity index (χ1) is 15.1. The lowest BCUT2D eigenvalue weighted by Gasteiger charge is -2.22. The molecule has 9 heteroatoms. The summed E-state index contributed by atoms with van der Waals surface area (Å²) in [7, 11) is 0. The number of amides is 2. The van der Waals surface area contributed by atoms with Crippen molar-refractivity contribution in [1.82, 2.24) is 19.7 Å². The van der Waals surface area contributed by atoms with E-state index in [0.29, 0.717) is 23.2 Å². The molecule has 3 aromatic rings. The molecule has 0 unspecified atom stereocenters. The zero-order chi connectivity index (χ0) is 21.4. The van der Waals surface area contributed by atoms with Crippen molar-refractivity contribution in [3.63, 3.8) is 0 Å². The van der Waals surface area contributed by atoms with Crippen LogP contribution >= 0.6 is 34.7 Å². The van der Waals surface area contributed by atoms with E-state index in [0.717, 1.165) is 48.0 Å². The van der Waals surface area contributed by atoms with Gasteiger partial charge < -0.3 is 0 Å². The lowest BCUT2D eigenvalue weighted by atomic mass is 10.2. The smallest absolute Gasteiger partial charge is 0.260 e. The maximum absolute atomic E-state index is 13.4. The van der Waals surface area contributed by atoms with Crippen LogP contribution in [0.15, 0.2) is 46.9 Å². The number of likely N-dealkylation sites (tertiary alicyclic amines) is 1. The van der Waals surface area contributed by atoms with Gasteiger partial charge in [-0.05, 0) is 61.4 Å². The number of halogens is 1. The maximum Gasteiger partial charge on any atom is 0.260 e. The predicted octanol–water partition coefficient (Wildman–Crippen LogP) is 5.31. The van der Waals surface area contributed by atoms with Crippen LogP contribution in [0.4, 0.5) is 0 Å². The molecule has 1 aromatic carbocycles. The molecule has 0 radical (unpaired) electrons. The van der Waals surface area contributed by atoms with Crippen LogP contribution in [0.2, 0.25) is 5.02 Å². The van der Waals surface area contributed by atoms with E-state index in [1.165, 1.54) is 16.7 Å². The Labute approximate surface area is 193 Å². The van der Waals surface area contributed by atoms with E-state index in [9.17, 15) is 9.59 Å². The molecular weight excluding hydrogens is 452 g/mol. The van der Waals surface area contributed by atoms with Crippen LogP contribution in [-0.2, 0) is 4.79 Å². The first-order valence-corrected chi connectivity index (χ1v) is 12.5. The average Bonchev–Trinajstić information content (AvgIpc) is 3.35. The molecule has 2 aliphatic rings. The van der Waals surface area contributed by atoms with Gasteiger partial charge in [-0.1, -0.05) is 35.9 Å². The molecule has 1 aliphatic carbocycles. The Morgan fingerprint density at radius 1 is 1.10 bits per heavy atom. The Bertz CT molecular complexity index is 1090. The minimum Gasteiger partial charge on any atom is -0.298 e. The number of hydrogen-bond donors (Lipinski definition) is 0. The maximum atomic E-state index is 13.4. The third kappa shape index (κ3) is 4.29. The van der Waals surface area contributed by atoms with Crippen molar-refractivity contribution >= 4 is 46.5 Å². The number of aromatic nitrogens is 3. The Morgan fingerprint density at radius 2 is 1.90 bits per heavy atom. The Morgan fingerprint density at radius 3 is 2.61 bits per heavy atom. The normalized spacial score (nSPS) is 19.5. The van der Waals surface area contributed by atoms with Gasteiger partial charge >= 0.3 is 0 Å². The standard InChI is InChI=1S/C22H21ClN4O2S2/c23-15-8-6-14(7-9-15)20(28)26-12-2-1-4-18(21(26)29)31-22-25-24-19(17-5-3-13-30-17)27(22)16-10-11-16/h3,5-9,13,16,18H,1-2,4,10-12H2/t18-/m0/s1. The molecule has 1 saturated carbocycles. The van der Waals surface area contributed by atoms with E-state index in [1.807, 2.05) is 17.5 Å². The summed E-state index contributed by atoms with van der Waals surface area (Å²) < 4.78 is 2.18. The van der Waals surface area contributed by atoms with E-state index in [2.05, 4.69) is 14.8 Å². The minimum atomic E-state index is -0.350. The van der Waals surface area contributed by atoms with Crippen molar-refractivity contribution in [3.05, 3.63) is 52.4 Å². The summed E-state index contributed by atoms with van der Waals surface area (Å²) in [5.74, 6) is 0.456. The van der Waals surface area contributed by atoms with Crippen LogP contribution in [-0.4, -0.2) is 43.3 Å². The summed E-state index contributed by atoms with van der Waals surface area (Å²) in [6.45, 7) is 0.438. The Balaban J connectivity index is 1.40. The number of carbonyl (C=O) groups excluding carboxylic acids is 2. The number of nitrogens with zero attached hydrogens (tertiary/aromatic N) is 4. The fourth-order valence-electron chi connectivity index (χ4n) is 3.79. The summed E-state index contributed by atoms with van der Waals surface area (Å²) >= 11 is 9.03. The monoisotopic (exact) mass is 472 g/mol. The third-order valence-corrected chi connectivity index (χ3v) is 7.87. The van der Waals surface area contributed by atoms with Gasteiger partial charge in [0.25, 0.3) is 5.91 Å². The van der Waals surface area contributed by atoms with Crippen LogP contribution in [0.25, 0.3) is 10.7 Å². The van der Waals surface area contributed by atoms with E-state index < -0.39 is 0 Å². The SMILES string of the molecule is O=C(c1ccc(Cl)cc1)N1CCCC[C@H](Sc2nnc(-c3cccs3)n2C2CC2)C1=O. The predicted molar refractivity (Wildman–Crippen MR) is 123 cm³/mol. The molecule has 2 aromatic heterocycles. The molecule has 31 heavy (non-hydrogen) atoms. The number of benzene rings is 1. The molecule has 0 spiro atoms.